The van der Waals surface area contributed by atoms with Gasteiger partial charge in [0.15, 0.2) is 23.1 Å². The highest BCUT2D eigenvalue weighted by molar-refractivity contribution is 5.99. The molecule has 5 aromatic carbocycles. The van der Waals surface area contributed by atoms with Crippen LogP contribution < -0.4 is 0 Å². The Bertz CT molecular complexity index is 3470. The van der Waals surface area contributed by atoms with E-state index >= 15 is 0 Å². The van der Waals surface area contributed by atoms with Gasteiger partial charge in [-0.3, -0.25) is 33.8 Å². The second kappa shape index (κ2) is 27.2. The second-order valence-electron chi connectivity index (χ2n) is 24.8. The van der Waals surface area contributed by atoms with Crippen molar-refractivity contribution in [1.82, 2.24) is 29.7 Å². The molecular weight excluding hydrogens is 1000 g/mol. The number of Topliss-reactive ketones (excluding diaryl/α,β-unsaturated/α-hetero) is 4. The molecule has 9 aromatic rings. The molecule has 0 radical (unpaired) electrons. The van der Waals surface area contributed by atoms with E-state index in [4.69, 9.17) is 0 Å². The summed E-state index contributed by atoms with van der Waals surface area (Å²) in [5, 5.41) is 5.32. The minimum absolute atomic E-state index is 0.0465. The number of fused-ring (bicyclic) bond motifs is 1. The zero-order valence-corrected chi connectivity index (χ0v) is 50.0. The number of carbonyl (C=O) groups is 4. The van der Waals surface area contributed by atoms with Crippen LogP contribution in [0.4, 0.5) is 0 Å². The maximum atomic E-state index is 12.6. The van der Waals surface area contributed by atoms with E-state index in [9.17, 15) is 19.2 Å². The van der Waals surface area contributed by atoms with E-state index in [0.29, 0.717) is 25.7 Å². The summed E-state index contributed by atoms with van der Waals surface area (Å²) in [6, 6.07) is 45.4. The molecule has 0 atom stereocenters. The fraction of sp³-hybridized carbons (Fsp3) is 0.310. The van der Waals surface area contributed by atoms with E-state index in [1.54, 1.807) is 31.0 Å². The number of hydrogen-bond donors (Lipinski definition) is 0. The van der Waals surface area contributed by atoms with Crippen molar-refractivity contribution >= 4 is 34.0 Å². The molecule has 0 bridgehead atoms. The molecule has 0 spiro atoms. The molecule has 0 aliphatic rings. The second-order valence-corrected chi connectivity index (χ2v) is 24.8. The number of carbonyl (C=O) groups excluding carboxylic acids is 4. The maximum Gasteiger partial charge on any atom is 0.167 e. The molecule has 0 amide bonds. The van der Waals surface area contributed by atoms with Crippen LogP contribution in [-0.4, -0.2) is 52.8 Å². The van der Waals surface area contributed by atoms with Gasteiger partial charge in [0.25, 0.3) is 0 Å². The van der Waals surface area contributed by atoms with E-state index in [1.165, 1.54) is 28.6 Å². The van der Waals surface area contributed by atoms with Crippen LogP contribution in [0.1, 0.15) is 175 Å². The Labute approximate surface area is 480 Å². The SMILES string of the molecule is CC(C)(C)c1cccc(C(=O)Cc2cccnc2)c1.CC(C)(C)c1cccc(C(=O)Cc2cncnc2)c1.Cc1cc(CC(=O)c2cccc(C(C)(C)C)c2)ccn1.Cn1ncc2cc(CC(=O)c3cccc(C(C)(C)C)c3)ccc21. The van der Waals surface area contributed by atoms with Crippen LogP contribution in [0.3, 0.4) is 0 Å². The third-order valence-electron chi connectivity index (χ3n) is 13.8. The molecule has 4 aromatic heterocycles. The fourth-order valence-electron chi connectivity index (χ4n) is 8.75. The number of pyridine rings is 2. The highest BCUT2D eigenvalue weighted by Gasteiger charge is 2.20. The van der Waals surface area contributed by atoms with Crippen LogP contribution in [0.25, 0.3) is 10.9 Å². The van der Waals surface area contributed by atoms with Gasteiger partial charge in [-0.15, -0.1) is 0 Å². The van der Waals surface area contributed by atoms with Crippen molar-refractivity contribution in [3.05, 3.63) is 255 Å². The van der Waals surface area contributed by atoms with Gasteiger partial charge in [-0.1, -0.05) is 168 Å². The van der Waals surface area contributed by atoms with Crippen molar-refractivity contribution in [2.45, 2.75) is 137 Å². The van der Waals surface area contributed by atoms with E-state index in [0.717, 1.165) is 61.1 Å². The standard InChI is InChI=1S/C20H22N2O.C18H21NO.C17H19NO.C16H18N2O/c1-20(2,3)17-7-5-6-15(12-17)19(23)11-14-8-9-18-16(10-14)13-21-22(18)4;1-13-10-14(8-9-19-13)11-17(20)15-6-5-7-16(12-15)18(2,3)4;1-17(2,3)15-8-4-7-14(11-15)16(19)10-13-6-5-9-18-12-13;1-16(2,3)14-6-4-5-13(8-14)15(19)7-12-9-17-11-18-10-12/h5-10,12-13H,11H2,1-4H3;5-10,12H,11H2,1-4H3;4-9,11-12H,10H2,1-3H3;4-6,8-11H,7H2,1-3H3. The Morgan fingerprint density at radius 3 is 1.19 bits per heavy atom. The summed E-state index contributed by atoms with van der Waals surface area (Å²) in [4.78, 5) is 65.5. The van der Waals surface area contributed by atoms with Gasteiger partial charge in [-0.05, 0) is 128 Å². The minimum Gasteiger partial charge on any atom is -0.294 e. The summed E-state index contributed by atoms with van der Waals surface area (Å²) in [6.07, 6.45) is 13.5. The van der Waals surface area contributed by atoms with E-state index < -0.39 is 0 Å². The molecule has 0 fully saturated rings. The lowest BCUT2D eigenvalue weighted by molar-refractivity contribution is 0.0984. The zero-order valence-electron chi connectivity index (χ0n) is 50.0. The van der Waals surface area contributed by atoms with Gasteiger partial charge < -0.3 is 0 Å². The molecule has 9 rings (SSSR count). The van der Waals surface area contributed by atoms with Gasteiger partial charge in [-0.25, -0.2) is 9.97 Å². The first-order valence-electron chi connectivity index (χ1n) is 27.6. The fourth-order valence-corrected chi connectivity index (χ4v) is 8.75. The van der Waals surface area contributed by atoms with E-state index in [2.05, 4.69) is 132 Å². The first-order chi connectivity index (χ1) is 38.1. The molecule has 0 saturated carbocycles. The first-order valence-corrected chi connectivity index (χ1v) is 27.6. The highest BCUT2D eigenvalue weighted by Crippen LogP contribution is 2.27. The quantitative estimate of drug-likeness (QED) is 0.109. The van der Waals surface area contributed by atoms with Crippen molar-refractivity contribution in [3.8, 4) is 0 Å². The monoisotopic (exact) mass is 1080 g/mol. The number of hydrogen-bond acceptors (Lipinski definition) is 9. The van der Waals surface area contributed by atoms with Gasteiger partial charge in [0.2, 0.25) is 0 Å². The van der Waals surface area contributed by atoms with Gasteiger partial charge in [-0.2, -0.15) is 5.10 Å². The van der Waals surface area contributed by atoms with Gasteiger partial charge >= 0.3 is 0 Å². The Kier molecular flexibility index (Phi) is 20.8. The third-order valence-corrected chi connectivity index (χ3v) is 13.8. The van der Waals surface area contributed by atoms with Crippen molar-refractivity contribution in [2.24, 2.45) is 7.05 Å². The largest absolute Gasteiger partial charge is 0.294 e. The molecule has 10 nitrogen and oxygen atoms in total. The predicted molar refractivity (Wildman–Crippen MR) is 329 cm³/mol. The number of benzene rings is 5. The van der Waals surface area contributed by atoms with Crippen molar-refractivity contribution in [3.63, 3.8) is 0 Å². The molecule has 0 aliphatic heterocycles. The molecule has 4 heterocycles. The summed E-state index contributed by atoms with van der Waals surface area (Å²) in [5.41, 5.74) is 13.9. The summed E-state index contributed by atoms with van der Waals surface area (Å²) >= 11 is 0. The molecule has 0 N–H and O–H groups in total. The van der Waals surface area contributed by atoms with E-state index in [-0.39, 0.29) is 44.8 Å². The van der Waals surface area contributed by atoms with Crippen LogP contribution >= 0.6 is 0 Å². The number of ketones is 4. The lowest BCUT2D eigenvalue weighted by Crippen LogP contribution is -2.13. The van der Waals surface area contributed by atoms with Crippen molar-refractivity contribution in [2.75, 3.05) is 0 Å². The Hall–Kier alpha value is -8.37. The molecule has 418 valence electrons. The molecule has 10 heteroatoms. The Morgan fingerprint density at radius 2 is 0.790 bits per heavy atom. The lowest BCUT2D eigenvalue weighted by atomic mass is 9.85. The van der Waals surface area contributed by atoms with Crippen LogP contribution in [0.2, 0.25) is 0 Å². The van der Waals surface area contributed by atoms with Crippen molar-refractivity contribution in [1.29, 1.82) is 0 Å². The number of rotatable bonds is 12. The number of nitrogens with zero attached hydrogens (tertiary/aromatic N) is 6. The average Bonchev–Trinajstić information content (AvgIpc) is 3.83. The number of aryl methyl sites for hydroxylation is 2. The molecule has 0 saturated heterocycles. The van der Waals surface area contributed by atoms with E-state index in [1.807, 2.05) is 140 Å². The first kappa shape index (κ1) is 61.8. The normalized spacial score (nSPS) is 11.5. The molecule has 81 heavy (non-hydrogen) atoms. The highest BCUT2D eigenvalue weighted by atomic mass is 16.1. The summed E-state index contributed by atoms with van der Waals surface area (Å²) in [6.45, 7) is 27.8. The summed E-state index contributed by atoms with van der Waals surface area (Å²) < 4.78 is 1.84. The molecule has 0 unspecified atom stereocenters. The molecular formula is C71H80N6O4. The third kappa shape index (κ3) is 18.9. The van der Waals surface area contributed by atoms with Gasteiger partial charge in [0.1, 0.15) is 6.33 Å². The predicted octanol–water partition coefficient (Wildman–Crippen LogP) is 15.4. The summed E-state index contributed by atoms with van der Waals surface area (Å²) in [7, 11) is 1.92. The zero-order chi connectivity index (χ0) is 59.1. The minimum atomic E-state index is 0.0465. The van der Waals surface area contributed by atoms with Crippen LogP contribution in [0.15, 0.2) is 183 Å². The van der Waals surface area contributed by atoms with Crippen LogP contribution in [0.5, 0.6) is 0 Å². The Balaban J connectivity index is 0.000000175. The topological polar surface area (TPSA) is 138 Å². The van der Waals surface area contributed by atoms with Gasteiger partial charge in [0.05, 0.1) is 11.7 Å². The van der Waals surface area contributed by atoms with Crippen LogP contribution in [0, 0.1) is 6.92 Å². The molecule has 0 aliphatic carbocycles. The lowest BCUT2D eigenvalue weighted by Gasteiger charge is -2.19. The van der Waals surface area contributed by atoms with Crippen molar-refractivity contribution < 1.29 is 19.2 Å². The van der Waals surface area contributed by atoms with Crippen LogP contribution in [-0.2, 0) is 54.4 Å². The average molecular weight is 1080 g/mol. The number of aromatic nitrogens is 6. The smallest absolute Gasteiger partial charge is 0.167 e. The maximum absolute atomic E-state index is 12.6. The summed E-state index contributed by atoms with van der Waals surface area (Å²) in [5.74, 6) is 0.543. The Morgan fingerprint density at radius 1 is 0.395 bits per heavy atom. The van der Waals surface area contributed by atoms with Gasteiger partial charge in [0, 0.05) is 97.0 Å².